The molecule has 0 fully saturated rings. The first-order valence-corrected chi connectivity index (χ1v) is 6.78. The third-order valence-electron chi connectivity index (χ3n) is 2.36. The average molecular weight is 363 g/mol. The highest BCUT2D eigenvalue weighted by Crippen LogP contribution is 2.22. The van der Waals surface area contributed by atoms with Crippen LogP contribution in [0.15, 0.2) is 18.2 Å². The molecule has 0 saturated heterocycles. The number of carbonyl (C=O) groups is 1. The van der Waals surface area contributed by atoms with E-state index in [9.17, 15) is 4.79 Å². The summed E-state index contributed by atoms with van der Waals surface area (Å²) in [6.07, 6.45) is 0.974. The number of ether oxygens (including phenoxy) is 2. The molecule has 4 nitrogen and oxygen atoms in total. The molecule has 0 spiro atoms. The van der Waals surface area contributed by atoms with E-state index in [4.69, 9.17) is 4.74 Å². The van der Waals surface area contributed by atoms with E-state index in [0.717, 1.165) is 22.3 Å². The van der Waals surface area contributed by atoms with Crippen molar-refractivity contribution in [2.45, 2.75) is 6.42 Å². The van der Waals surface area contributed by atoms with E-state index < -0.39 is 0 Å². The number of esters is 1. The maximum absolute atomic E-state index is 11.3. The molecule has 0 aliphatic rings. The number of hydrogen-bond acceptors (Lipinski definition) is 4. The Morgan fingerprint density at radius 3 is 2.67 bits per heavy atom. The molecule has 0 bridgehead atoms. The van der Waals surface area contributed by atoms with Gasteiger partial charge >= 0.3 is 5.97 Å². The van der Waals surface area contributed by atoms with E-state index in [-0.39, 0.29) is 5.97 Å². The molecule has 5 heteroatoms. The van der Waals surface area contributed by atoms with Gasteiger partial charge in [-0.2, -0.15) is 0 Å². The zero-order chi connectivity index (χ0) is 13.5. The van der Waals surface area contributed by atoms with Crippen LogP contribution in [-0.4, -0.2) is 45.2 Å². The summed E-state index contributed by atoms with van der Waals surface area (Å²) in [4.78, 5) is 13.5. The predicted molar refractivity (Wildman–Crippen MR) is 79.2 cm³/mol. The number of methoxy groups -OCH3 is 1. The van der Waals surface area contributed by atoms with Crippen molar-refractivity contribution >= 4 is 28.6 Å². The molecule has 18 heavy (non-hydrogen) atoms. The smallest absolute Gasteiger partial charge is 0.337 e. The highest BCUT2D eigenvalue weighted by atomic mass is 127. The van der Waals surface area contributed by atoms with Gasteiger partial charge in [0.15, 0.2) is 0 Å². The fraction of sp³-hybridized carbons (Fsp3) is 0.462. The van der Waals surface area contributed by atoms with Crippen LogP contribution >= 0.6 is 22.6 Å². The molecule has 0 radical (unpaired) electrons. The summed E-state index contributed by atoms with van der Waals surface area (Å²) in [5.74, 6) is 0.481. The first-order chi connectivity index (χ1) is 8.54. The number of rotatable bonds is 6. The van der Waals surface area contributed by atoms with Crippen molar-refractivity contribution in [2.24, 2.45) is 0 Å². The predicted octanol–water partition coefficient (Wildman–Crippen LogP) is 2.41. The highest BCUT2D eigenvalue weighted by Gasteiger charge is 2.08. The van der Waals surface area contributed by atoms with Crippen LogP contribution in [0.3, 0.4) is 0 Å². The van der Waals surface area contributed by atoms with Crippen molar-refractivity contribution in [3.8, 4) is 5.75 Å². The Labute approximate surface area is 121 Å². The summed E-state index contributed by atoms with van der Waals surface area (Å²) >= 11 is 2.16. The first kappa shape index (κ1) is 15.2. The Bertz CT molecular complexity index is 407. The van der Waals surface area contributed by atoms with Crippen LogP contribution < -0.4 is 4.74 Å². The Balaban J connectivity index is 2.55. The van der Waals surface area contributed by atoms with Gasteiger partial charge in [-0.15, -0.1) is 0 Å². The second kappa shape index (κ2) is 7.58. The Morgan fingerprint density at radius 1 is 1.39 bits per heavy atom. The maximum Gasteiger partial charge on any atom is 0.337 e. The van der Waals surface area contributed by atoms with Crippen molar-refractivity contribution in [1.82, 2.24) is 4.90 Å². The lowest BCUT2D eigenvalue weighted by Gasteiger charge is -2.11. The molecule has 1 aromatic carbocycles. The fourth-order valence-corrected chi connectivity index (χ4v) is 2.10. The molecule has 0 N–H and O–H groups in total. The Hall–Kier alpha value is -0.820. The zero-order valence-corrected chi connectivity index (χ0v) is 13.1. The van der Waals surface area contributed by atoms with Crippen molar-refractivity contribution in [1.29, 1.82) is 0 Å². The molecule has 0 amide bonds. The highest BCUT2D eigenvalue weighted by molar-refractivity contribution is 14.1. The summed E-state index contributed by atoms with van der Waals surface area (Å²) in [5.41, 5.74) is 0.544. The van der Waals surface area contributed by atoms with Gasteiger partial charge in [-0.1, -0.05) is 0 Å². The number of carbonyl (C=O) groups excluding carboxylic acids is 1. The topological polar surface area (TPSA) is 38.8 Å². The summed E-state index contributed by atoms with van der Waals surface area (Å²) in [5, 5.41) is 0. The van der Waals surface area contributed by atoms with E-state index >= 15 is 0 Å². The van der Waals surface area contributed by atoms with Gasteiger partial charge in [-0.25, -0.2) is 4.79 Å². The quantitative estimate of drug-likeness (QED) is 0.442. The van der Waals surface area contributed by atoms with E-state index in [0.29, 0.717) is 12.2 Å². The number of halogens is 1. The number of nitrogens with zero attached hydrogens (tertiary/aromatic N) is 1. The number of hydrogen-bond donors (Lipinski definition) is 0. The minimum absolute atomic E-state index is 0.327. The maximum atomic E-state index is 11.3. The summed E-state index contributed by atoms with van der Waals surface area (Å²) < 4.78 is 11.3. The van der Waals surface area contributed by atoms with E-state index in [1.54, 1.807) is 12.1 Å². The van der Waals surface area contributed by atoms with Gasteiger partial charge in [0.25, 0.3) is 0 Å². The van der Waals surface area contributed by atoms with Crippen LogP contribution in [-0.2, 0) is 4.74 Å². The zero-order valence-electron chi connectivity index (χ0n) is 10.9. The molecule has 0 aliphatic heterocycles. The van der Waals surface area contributed by atoms with Crippen LogP contribution in [0.5, 0.6) is 5.75 Å². The molecule has 0 aromatic heterocycles. The number of benzene rings is 1. The minimum Gasteiger partial charge on any atom is -0.492 e. The molecule has 0 aliphatic carbocycles. The van der Waals surface area contributed by atoms with Crippen LogP contribution in [0.2, 0.25) is 0 Å². The van der Waals surface area contributed by atoms with Gasteiger partial charge in [0.2, 0.25) is 0 Å². The van der Waals surface area contributed by atoms with Crippen molar-refractivity contribution in [3.05, 3.63) is 27.3 Å². The Kier molecular flexibility index (Phi) is 6.42. The third kappa shape index (κ3) is 4.81. The first-order valence-electron chi connectivity index (χ1n) is 5.70. The van der Waals surface area contributed by atoms with Crippen molar-refractivity contribution in [2.75, 3.05) is 34.4 Å². The third-order valence-corrected chi connectivity index (χ3v) is 3.20. The Morgan fingerprint density at radius 2 is 2.11 bits per heavy atom. The van der Waals surface area contributed by atoms with E-state index in [2.05, 4.69) is 32.2 Å². The molecule has 100 valence electrons. The van der Waals surface area contributed by atoms with E-state index in [1.165, 1.54) is 7.11 Å². The minimum atomic E-state index is -0.327. The lowest BCUT2D eigenvalue weighted by Crippen LogP contribution is -2.15. The van der Waals surface area contributed by atoms with Gasteiger partial charge in [-0.3, -0.25) is 0 Å². The molecule has 0 unspecified atom stereocenters. The molecular formula is C13H18INO3. The second-order valence-electron chi connectivity index (χ2n) is 4.14. The van der Waals surface area contributed by atoms with Gasteiger partial charge in [0.05, 0.1) is 22.9 Å². The van der Waals surface area contributed by atoms with Gasteiger partial charge in [0, 0.05) is 6.54 Å². The summed E-state index contributed by atoms with van der Waals surface area (Å²) in [7, 11) is 5.45. The average Bonchev–Trinajstić information content (AvgIpc) is 2.34. The van der Waals surface area contributed by atoms with Crippen LogP contribution in [0.4, 0.5) is 0 Å². The van der Waals surface area contributed by atoms with Crippen molar-refractivity contribution in [3.63, 3.8) is 0 Å². The SMILES string of the molecule is COC(=O)c1ccc(OCCCN(C)C)c(I)c1. The summed E-state index contributed by atoms with van der Waals surface area (Å²) in [6, 6.07) is 5.30. The lowest BCUT2D eigenvalue weighted by atomic mass is 10.2. The lowest BCUT2D eigenvalue weighted by molar-refractivity contribution is 0.0600. The van der Waals surface area contributed by atoms with Gasteiger partial charge in [0.1, 0.15) is 5.75 Å². The largest absolute Gasteiger partial charge is 0.492 e. The molecular weight excluding hydrogens is 345 g/mol. The molecule has 1 rings (SSSR count). The molecule has 0 heterocycles. The molecule has 0 saturated carbocycles. The van der Waals surface area contributed by atoms with Gasteiger partial charge < -0.3 is 14.4 Å². The van der Waals surface area contributed by atoms with Crippen LogP contribution in [0.25, 0.3) is 0 Å². The van der Waals surface area contributed by atoms with E-state index in [1.807, 2.05) is 20.2 Å². The summed E-state index contributed by atoms with van der Waals surface area (Å²) in [6.45, 7) is 1.67. The van der Waals surface area contributed by atoms with Crippen molar-refractivity contribution < 1.29 is 14.3 Å². The monoisotopic (exact) mass is 363 g/mol. The van der Waals surface area contributed by atoms with Crippen LogP contribution in [0, 0.1) is 3.57 Å². The van der Waals surface area contributed by atoms with Crippen LogP contribution in [0.1, 0.15) is 16.8 Å². The normalized spacial score (nSPS) is 10.5. The fourth-order valence-electron chi connectivity index (χ4n) is 1.43. The standard InChI is InChI=1S/C13H18INO3/c1-15(2)7-4-8-18-12-6-5-10(9-11(12)14)13(16)17-3/h5-6,9H,4,7-8H2,1-3H3. The second-order valence-corrected chi connectivity index (χ2v) is 5.30. The molecule has 1 aromatic rings. The van der Waals surface area contributed by atoms with Gasteiger partial charge in [-0.05, 0) is 61.3 Å². The molecule has 0 atom stereocenters.